The van der Waals surface area contributed by atoms with Crippen LogP contribution >= 0.6 is 11.6 Å². The third-order valence-corrected chi connectivity index (χ3v) is 3.79. The molecule has 1 aliphatic heterocycles. The van der Waals surface area contributed by atoms with E-state index in [-0.39, 0.29) is 5.97 Å². The van der Waals surface area contributed by atoms with Crippen molar-refractivity contribution < 1.29 is 9.53 Å². The molecular weight excluding hydrogens is 296 g/mol. The number of esters is 1. The maximum atomic E-state index is 12.1. The lowest BCUT2D eigenvalue weighted by atomic mass is 10.0. The minimum absolute atomic E-state index is 0.337. The predicted octanol–water partition coefficient (Wildman–Crippen LogP) is 4.94. The number of carbonyl (C=O) groups excluding carboxylic acids is 1. The lowest BCUT2D eigenvalue weighted by Gasteiger charge is -2.06. The fraction of sp³-hybridized carbons (Fsp3) is 0.105. The van der Waals surface area contributed by atoms with Crippen molar-refractivity contribution in [2.75, 3.05) is 0 Å². The first-order chi connectivity index (χ1) is 10.5. The summed E-state index contributed by atoms with van der Waals surface area (Å²) < 4.78 is 5.42. The maximum Gasteiger partial charge on any atom is 0.343 e. The van der Waals surface area contributed by atoms with Crippen molar-refractivity contribution in [2.24, 2.45) is 0 Å². The van der Waals surface area contributed by atoms with Gasteiger partial charge in [0.2, 0.25) is 0 Å². The number of cyclic esters (lactones) is 1. The van der Waals surface area contributed by atoms with Crippen molar-refractivity contribution in [1.29, 1.82) is 0 Å². The van der Waals surface area contributed by atoms with Gasteiger partial charge in [-0.2, -0.15) is 0 Å². The fourth-order valence-electron chi connectivity index (χ4n) is 2.40. The van der Waals surface area contributed by atoms with Crippen LogP contribution in [-0.4, -0.2) is 5.97 Å². The minimum Gasteiger partial charge on any atom is -0.422 e. The molecule has 0 amide bonds. The van der Waals surface area contributed by atoms with Gasteiger partial charge in [0.05, 0.1) is 5.57 Å². The molecule has 0 aliphatic carbocycles. The monoisotopic (exact) mass is 310 g/mol. The first-order valence-corrected chi connectivity index (χ1v) is 7.39. The van der Waals surface area contributed by atoms with Gasteiger partial charge in [0.25, 0.3) is 0 Å². The Labute approximate surface area is 134 Å². The van der Waals surface area contributed by atoms with Crippen molar-refractivity contribution >= 4 is 29.4 Å². The summed E-state index contributed by atoms with van der Waals surface area (Å²) in [7, 11) is 0. The van der Waals surface area contributed by atoms with Crippen LogP contribution in [0.2, 0.25) is 5.02 Å². The average molecular weight is 311 g/mol. The van der Waals surface area contributed by atoms with Crippen LogP contribution in [0.5, 0.6) is 0 Å². The van der Waals surface area contributed by atoms with Gasteiger partial charge >= 0.3 is 5.97 Å². The highest BCUT2D eigenvalue weighted by molar-refractivity contribution is 6.30. The van der Waals surface area contributed by atoms with E-state index in [0.29, 0.717) is 16.4 Å². The van der Waals surface area contributed by atoms with E-state index < -0.39 is 0 Å². The highest BCUT2D eigenvalue weighted by Crippen LogP contribution is 2.30. The summed E-state index contributed by atoms with van der Waals surface area (Å²) in [5, 5.41) is 0.638. The standard InChI is InChI=1S/C19H15ClO2/c1-12-6-7-13(2)17(8-12)18-11-15(19(21)22-18)9-14-4-3-5-16(20)10-14/h3-11H,1-2H3/b15-9+. The Balaban J connectivity index is 2.00. The second-order valence-corrected chi connectivity index (χ2v) is 5.81. The smallest absolute Gasteiger partial charge is 0.343 e. The molecule has 0 atom stereocenters. The van der Waals surface area contributed by atoms with Crippen LogP contribution in [0.3, 0.4) is 0 Å². The molecule has 0 spiro atoms. The van der Waals surface area contributed by atoms with Gasteiger partial charge in [-0.05, 0) is 55.3 Å². The highest BCUT2D eigenvalue weighted by atomic mass is 35.5. The van der Waals surface area contributed by atoms with Gasteiger partial charge in [-0.15, -0.1) is 0 Å². The normalized spacial score (nSPS) is 15.9. The molecule has 1 heterocycles. The zero-order chi connectivity index (χ0) is 15.7. The van der Waals surface area contributed by atoms with Crippen LogP contribution < -0.4 is 0 Å². The van der Waals surface area contributed by atoms with E-state index in [1.807, 2.05) is 50.2 Å². The zero-order valence-electron chi connectivity index (χ0n) is 12.4. The van der Waals surface area contributed by atoms with Crippen LogP contribution in [-0.2, 0) is 9.53 Å². The fourth-order valence-corrected chi connectivity index (χ4v) is 2.60. The predicted molar refractivity (Wildman–Crippen MR) is 89.4 cm³/mol. The number of halogens is 1. The summed E-state index contributed by atoms with van der Waals surface area (Å²) >= 11 is 5.97. The van der Waals surface area contributed by atoms with Crippen LogP contribution in [0, 0.1) is 13.8 Å². The third kappa shape index (κ3) is 2.97. The number of aryl methyl sites for hydroxylation is 2. The van der Waals surface area contributed by atoms with Crippen LogP contribution in [0.15, 0.2) is 54.1 Å². The van der Waals surface area contributed by atoms with Gasteiger partial charge in [0.1, 0.15) is 5.76 Å². The second kappa shape index (κ2) is 5.82. The van der Waals surface area contributed by atoms with E-state index >= 15 is 0 Å². The Hall–Kier alpha value is -2.32. The Morgan fingerprint density at radius 1 is 1.09 bits per heavy atom. The molecule has 0 aromatic heterocycles. The number of carbonyl (C=O) groups is 1. The summed E-state index contributed by atoms with van der Waals surface area (Å²) in [6.45, 7) is 4.02. The molecule has 0 saturated carbocycles. The van der Waals surface area contributed by atoms with E-state index in [2.05, 4.69) is 0 Å². The molecule has 1 aliphatic rings. The average Bonchev–Trinajstić information content (AvgIpc) is 2.83. The summed E-state index contributed by atoms with van der Waals surface area (Å²) in [5.41, 5.74) is 4.55. The molecule has 110 valence electrons. The lowest BCUT2D eigenvalue weighted by Crippen LogP contribution is -1.98. The number of rotatable bonds is 2. The van der Waals surface area contributed by atoms with E-state index in [1.54, 1.807) is 18.2 Å². The molecular formula is C19H15ClO2. The van der Waals surface area contributed by atoms with Crippen molar-refractivity contribution in [1.82, 2.24) is 0 Å². The molecule has 0 saturated heterocycles. The minimum atomic E-state index is -0.337. The van der Waals surface area contributed by atoms with Crippen molar-refractivity contribution in [3.63, 3.8) is 0 Å². The summed E-state index contributed by atoms with van der Waals surface area (Å²) in [4.78, 5) is 12.1. The van der Waals surface area contributed by atoms with E-state index in [9.17, 15) is 4.79 Å². The van der Waals surface area contributed by atoms with Crippen LogP contribution in [0.4, 0.5) is 0 Å². The second-order valence-electron chi connectivity index (χ2n) is 5.37. The first kappa shape index (κ1) is 14.6. The molecule has 3 rings (SSSR count). The van der Waals surface area contributed by atoms with Crippen molar-refractivity contribution in [3.8, 4) is 0 Å². The SMILES string of the molecule is Cc1ccc(C)c(C2=C/C(=C\c3cccc(Cl)c3)C(=O)O2)c1. The van der Waals surface area contributed by atoms with Gasteiger partial charge in [-0.3, -0.25) is 0 Å². The molecule has 0 bridgehead atoms. The highest BCUT2D eigenvalue weighted by Gasteiger charge is 2.23. The summed E-state index contributed by atoms with van der Waals surface area (Å²) in [6.07, 6.45) is 3.57. The summed E-state index contributed by atoms with van der Waals surface area (Å²) in [6, 6.07) is 13.5. The topological polar surface area (TPSA) is 26.3 Å². The third-order valence-electron chi connectivity index (χ3n) is 3.55. The molecule has 2 aromatic carbocycles. The van der Waals surface area contributed by atoms with Gasteiger partial charge < -0.3 is 4.74 Å². The number of hydrogen-bond donors (Lipinski definition) is 0. The molecule has 0 unspecified atom stereocenters. The Morgan fingerprint density at radius 3 is 2.68 bits per heavy atom. The van der Waals surface area contributed by atoms with E-state index in [1.165, 1.54) is 0 Å². The van der Waals surface area contributed by atoms with Gasteiger partial charge in [0, 0.05) is 10.6 Å². The molecule has 3 heteroatoms. The van der Waals surface area contributed by atoms with Crippen LogP contribution in [0.25, 0.3) is 11.8 Å². The Bertz CT molecular complexity index is 816. The van der Waals surface area contributed by atoms with Crippen LogP contribution in [0.1, 0.15) is 22.3 Å². The first-order valence-electron chi connectivity index (χ1n) is 7.02. The van der Waals surface area contributed by atoms with Crippen molar-refractivity contribution in [2.45, 2.75) is 13.8 Å². The lowest BCUT2D eigenvalue weighted by molar-refractivity contribution is -0.130. The van der Waals surface area contributed by atoms with Gasteiger partial charge in [0.15, 0.2) is 0 Å². The molecule has 2 aromatic rings. The largest absolute Gasteiger partial charge is 0.422 e. The van der Waals surface area contributed by atoms with Crippen molar-refractivity contribution in [3.05, 3.63) is 81.4 Å². The number of hydrogen-bond acceptors (Lipinski definition) is 2. The zero-order valence-corrected chi connectivity index (χ0v) is 13.1. The summed E-state index contributed by atoms with van der Waals surface area (Å²) in [5.74, 6) is 0.260. The van der Waals surface area contributed by atoms with E-state index in [4.69, 9.17) is 16.3 Å². The quantitative estimate of drug-likeness (QED) is 0.580. The Morgan fingerprint density at radius 2 is 1.91 bits per heavy atom. The van der Waals surface area contributed by atoms with Gasteiger partial charge in [-0.1, -0.05) is 41.4 Å². The van der Waals surface area contributed by atoms with Gasteiger partial charge in [-0.25, -0.2) is 4.79 Å². The molecule has 0 radical (unpaired) electrons. The molecule has 2 nitrogen and oxygen atoms in total. The number of ether oxygens (including phenoxy) is 1. The Kier molecular flexibility index (Phi) is 3.86. The molecule has 0 fully saturated rings. The maximum absolute atomic E-state index is 12.1. The molecule has 0 N–H and O–H groups in total. The number of benzene rings is 2. The van der Waals surface area contributed by atoms with E-state index in [0.717, 1.165) is 22.3 Å². The molecule has 22 heavy (non-hydrogen) atoms.